The van der Waals surface area contributed by atoms with Crippen LogP contribution in [0.2, 0.25) is 5.02 Å². The molecule has 2 N–H and O–H groups in total. The molecule has 4 fully saturated rings. The zero-order valence-corrected chi connectivity index (χ0v) is 23.7. The molecule has 2 bridgehead atoms. The van der Waals surface area contributed by atoms with Crippen molar-refractivity contribution in [2.45, 2.75) is 55.9 Å². The normalized spacial score (nSPS) is 27.3. The minimum atomic E-state index is -0.866. The van der Waals surface area contributed by atoms with Crippen LogP contribution >= 0.6 is 11.6 Å². The van der Waals surface area contributed by atoms with Crippen LogP contribution in [0.25, 0.3) is 33.1 Å². The highest BCUT2D eigenvalue weighted by molar-refractivity contribution is 6.36. The number of nitrogens with zero attached hydrogens (tertiary/aromatic N) is 5. The summed E-state index contributed by atoms with van der Waals surface area (Å²) < 4.78 is 36.7. The molecular weight excluding hydrogens is 562 g/mol. The monoisotopic (exact) mass is 592 g/mol. The Morgan fingerprint density at radius 1 is 1.10 bits per heavy atom. The lowest BCUT2D eigenvalue weighted by Crippen LogP contribution is -2.51. The minimum absolute atomic E-state index is 0.0205. The lowest BCUT2D eigenvalue weighted by molar-refractivity contribution is 0.107. The second kappa shape index (κ2) is 9.86. The second-order valence-electron chi connectivity index (χ2n) is 12.3. The van der Waals surface area contributed by atoms with Crippen LogP contribution in [0.1, 0.15) is 32.1 Å². The fraction of sp³-hybridized carbons (Fsp3) is 0.452. The third-order valence-corrected chi connectivity index (χ3v) is 9.83. The van der Waals surface area contributed by atoms with E-state index in [4.69, 9.17) is 26.3 Å². The first-order chi connectivity index (χ1) is 20.3. The van der Waals surface area contributed by atoms with Gasteiger partial charge in [0.05, 0.1) is 10.9 Å². The molecule has 4 aliphatic heterocycles. The van der Waals surface area contributed by atoms with Gasteiger partial charge in [0.1, 0.15) is 35.9 Å². The minimum Gasteiger partial charge on any atom is -0.508 e. The number of alkyl halides is 1. The van der Waals surface area contributed by atoms with Gasteiger partial charge in [-0.2, -0.15) is 9.97 Å². The fourth-order valence-corrected chi connectivity index (χ4v) is 7.94. The van der Waals surface area contributed by atoms with Crippen LogP contribution in [0.3, 0.4) is 0 Å². The number of anilines is 1. The van der Waals surface area contributed by atoms with Crippen LogP contribution in [0, 0.1) is 5.82 Å². The van der Waals surface area contributed by atoms with E-state index in [-0.39, 0.29) is 35.2 Å². The van der Waals surface area contributed by atoms with Gasteiger partial charge < -0.3 is 20.1 Å². The lowest BCUT2D eigenvalue weighted by Gasteiger charge is -2.34. The fourth-order valence-electron chi connectivity index (χ4n) is 7.66. The summed E-state index contributed by atoms with van der Waals surface area (Å²) in [5.41, 5.74) is 0.337. The van der Waals surface area contributed by atoms with Gasteiger partial charge in [-0.3, -0.25) is 4.90 Å². The Balaban J connectivity index is 1.25. The molecule has 218 valence electrons. The number of nitrogens with one attached hydrogen (secondary N) is 1. The first-order valence-electron chi connectivity index (χ1n) is 14.7. The Morgan fingerprint density at radius 3 is 2.76 bits per heavy atom. The summed E-state index contributed by atoms with van der Waals surface area (Å²) in [6.45, 7) is 3.05. The van der Waals surface area contributed by atoms with Crippen LogP contribution in [0.15, 0.2) is 36.4 Å². The Hall–Kier alpha value is -3.34. The van der Waals surface area contributed by atoms with Crippen LogP contribution in [0.4, 0.5) is 14.6 Å². The van der Waals surface area contributed by atoms with Crippen molar-refractivity contribution in [2.75, 3.05) is 37.7 Å². The molecule has 2 aromatic heterocycles. The Morgan fingerprint density at radius 2 is 1.93 bits per heavy atom. The van der Waals surface area contributed by atoms with E-state index in [9.17, 15) is 9.50 Å². The standard InChI is InChI=1S/C31H31ClF2N6O2/c32-24-4-1-3-17-9-21(41)10-22(26(17)24)27-25(34)11-23-28(36-27)37-30(38-29(23)39-14-19-5-6-20(15-39)35-19)42-16-31-7-2-8-40(31)13-18(33)12-31/h1,3-4,9-11,18-20,35,41H,2,5-8,12-16H2/t18-,19?,20?,31+/m1/s1. The van der Waals surface area contributed by atoms with E-state index in [0.717, 1.165) is 45.3 Å². The number of phenolic OH excluding ortho intramolecular Hbond substituents is 1. The topological polar surface area (TPSA) is 86.6 Å². The highest BCUT2D eigenvalue weighted by atomic mass is 35.5. The molecule has 8 nitrogen and oxygen atoms in total. The van der Waals surface area contributed by atoms with E-state index >= 15 is 4.39 Å². The molecule has 0 saturated carbocycles. The molecule has 6 heterocycles. The molecule has 11 heteroatoms. The molecular formula is C31H31ClF2N6O2. The molecule has 0 aliphatic carbocycles. The first-order valence-corrected chi connectivity index (χ1v) is 15.1. The maximum Gasteiger partial charge on any atom is 0.320 e. The van der Waals surface area contributed by atoms with Crippen LogP contribution in [-0.4, -0.2) is 81.5 Å². The van der Waals surface area contributed by atoms with Crippen molar-refractivity contribution in [3.63, 3.8) is 0 Å². The molecule has 2 aromatic carbocycles. The molecule has 8 rings (SSSR count). The quantitative estimate of drug-likeness (QED) is 0.325. The lowest BCUT2D eigenvalue weighted by atomic mass is 9.95. The van der Waals surface area contributed by atoms with Crippen molar-refractivity contribution in [3.8, 4) is 23.0 Å². The average Bonchev–Trinajstić information content (AvgIpc) is 3.61. The Labute approximate surface area is 246 Å². The summed E-state index contributed by atoms with van der Waals surface area (Å²) >= 11 is 6.56. The number of fused-ring (bicyclic) bond motifs is 5. The maximum absolute atomic E-state index is 16.0. The average molecular weight is 593 g/mol. The third-order valence-electron chi connectivity index (χ3n) is 9.51. The van der Waals surface area contributed by atoms with E-state index in [1.54, 1.807) is 18.2 Å². The summed E-state index contributed by atoms with van der Waals surface area (Å²) in [6.07, 6.45) is 3.61. The molecule has 4 atom stereocenters. The summed E-state index contributed by atoms with van der Waals surface area (Å²) in [6, 6.07) is 10.6. The molecule has 0 radical (unpaired) electrons. The number of piperazine rings is 1. The summed E-state index contributed by atoms with van der Waals surface area (Å²) in [5, 5.41) is 16.3. The van der Waals surface area contributed by atoms with Crippen molar-refractivity contribution in [3.05, 3.63) is 47.2 Å². The number of phenols is 1. The van der Waals surface area contributed by atoms with Crippen molar-refractivity contribution in [1.29, 1.82) is 0 Å². The highest BCUT2D eigenvalue weighted by Gasteiger charge is 2.49. The first kappa shape index (κ1) is 26.3. The smallest absolute Gasteiger partial charge is 0.320 e. The van der Waals surface area contributed by atoms with E-state index in [0.29, 0.717) is 57.6 Å². The number of halogens is 3. The number of ether oxygens (including phenoxy) is 1. The van der Waals surface area contributed by atoms with Gasteiger partial charge >= 0.3 is 6.01 Å². The van der Waals surface area contributed by atoms with Gasteiger partial charge in [0, 0.05) is 54.1 Å². The summed E-state index contributed by atoms with van der Waals surface area (Å²) in [7, 11) is 0. The highest BCUT2D eigenvalue weighted by Crippen LogP contribution is 2.42. The van der Waals surface area contributed by atoms with Crippen LogP contribution < -0.4 is 15.0 Å². The van der Waals surface area contributed by atoms with Gasteiger partial charge in [-0.1, -0.05) is 23.7 Å². The number of hydrogen-bond donors (Lipinski definition) is 2. The van der Waals surface area contributed by atoms with E-state index in [1.165, 1.54) is 12.1 Å². The summed E-state index contributed by atoms with van der Waals surface area (Å²) in [4.78, 5) is 18.6. The zero-order valence-electron chi connectivity index (χ0n) is 23.0. The van der Waals surface area contributed by atoms with E-state index < -0.39 is 12.0 Å². The molecule has 42 heavy (non-hydrogen) atoms. The van der Waals surface area contributed by atoms with Gasteiger partial charge in [0.2, 0.25) is 0 Å². The predicted molar refractivity (Wildman–Crippen MR) is 158 cm³/mol. The van der Waals surface area contributed by atoms with Crippen molar-refractivity contribution < 1.29 is 18.6 Å². The van der Waals surface area contributed by atoms with Gasteiger partial charge in [-0.25, -0.2) is 13.8 Å². The predicted octanol–water partition coefficient (Wildman–Crippen LogP) is 5.24. The van der Waals surface area contributed by atoms with Gasteiger partial charge in [-0.15, -0.1) is 0 Å². The Bertz CT molecular complexity index is 1710. The maximum atomic E-state index is 16.0. The number of benzene rings is 2. The largest absolute Gasteiger partial charge is 0.508 e. The number of aromatic hydroxyl groups is 1. The van der Waals surface area contributed by atoms with Crippen LogP contribution in [0.5, 0.6) is 11.8 Å². The van der Waals surface area contributed by atoms with Crippen molar-refractivity contribution in [2.24, 2.45) is 0 Å². The molecule has 4 aromatic rings. The number of rotatable bonds is 5. The van der Waals surface area contributed by atoms with Crippen LogP contribution in [-0.2, 0) is 0 Å². The van der Waals surface area contributed by atoms with Gasteiger partial charge in [0.15, 0.2) is 5.65 Å². The van der Waals surface area contributed by atoms with Gasteiger partial charge in [-0.05, 0) is 61.9 Å². The number of hydrogen-bond acceptors (Lipinski definition) is 8. The number of pyridine rings is 1. The van der Waals surface area contributed by atoms with E-state index in [1.807, 2.05) is 6.07 Å². The number of aromatic nitrogens is 3. The Kier molecular flexibility index (Phi) is 6.17. The van der Waals surface area contributed by atoms with Crippen molar-refractivity contribution in [1.82, 2.24) is 25.2 Å². The SMILES string of the molecule is Oc1cc(-c2nc3nc(OC[C@@]45CCCN4C[C@H](F)C5)nc(N4CC5CCC(C4)N5)c3cc2F)c2c(Cl)cccc2c1. The third kappa shape index (κ3) is 4.34. The molecule has 2 unspecified atom stereocenters. The molecule has 0 spiro atoms. The van der Waals surface area contributed by atoms with E-state index in [2.05, 4.69) is 20.1 Å². The molecule has 0 amide bonds. The van der Waals surface area contributed by atoms with Gasteiger partial charge in [0.25, 0.3) is 0 Å². The molecule has 4 saturated heterocycles. The zero-order chi connectivity index (χ0) is 28.6. The van der Waals surface area contributed by atoms with Crippen molar-refractivity contribution >= 4 is 39.2 Å². The molecule has 4 aliphatic rings. The summed E-state index contributed by atoms with van der Waals surface area (Å²) in [5.74, 6) is -0.0000458. The second-order valence-corrected chi connectivity index (χ2v) is 12.7.